The van der Waals surface area contributed by atoms with E-state index in [1.807, 2.05) is 0 Å². The van der Waals surface area contributed by atoms with Crippen molar-refractivity contribution in [3.63, 3.8) is 0 Å². The number of hydrogen-bond donors (Lipinski definition) is 0. The predicted molar refractivity (Wildman–Crippen MR) is 59.8 cm³/mol. The van der Waals surface area contributed by atoms with Gasteiger partial charge >= 0.3 is 0 Å². The monoisotopic (exact) mass is 192 g/mol. The third kappa shape index (κ3) is 4.37. The van der Waals surface area contributed by atoms with Gasteiger partial charge in [0.25, 0.3) is 0 Å². The summed E-state index contributed by atoms with van der Waals surface area (Å²) in [5, 5.41) is 0. The molecule has 1 aliphatic rings. The van der Waals surface area contributed by atoms with Crippen LogP contribution in [0.5, 0.6) is 0 Å². The lowest BCUT2D eigenvalue weighted by atomic mass is 10.1. The lowest BCUT2D eigenvalue weighted by Gasteiger charge is -2.04. The van der Waals surface area contributed by atoms with E-state index < -0.39 is 0 Å². The summed E-state index contributed by atoms with van der Waals surface area (Å²) in [7, 11) is 0. The van der Waals surface area contributed by atoms with E-state index in [2.05, 4.69) is 25.3 Å². The van der Waals surface area contributed by atoms with Crippen LogP contribution in [0.2, 0.25) is 0 Å². The van der Waals surface area contributed by atoms with Crippen molar-refractivity contribution in [2.24, 2.45) is 0 Å². The smallest absolute Gasteiger partial charge is 0.109 e. The lowest BCUT2D eigenvalue weighted by molar-refractivity contribution is 0.166. The molecule has 14 heavy (non-hydrogen) atoms. The van der Waals surface area contributed by atoms with Crippen LogP contribution in [0.1, 0.15) is 51.9 Å². The first-order valence-electron chi connectivity index (χ1n) is 5.63. The molecule has 0 spiro atoms. The Kier molecular flexibility index (Phi) is 5.22. The number of ether oxygens (including phenoxy) is 1. The van der Waals surface area contributed by atoms with Gasteiger partial charge in [0.15, 0.2) is 0 Å². The average molecular weight is 192 g/mol. The highest BCUT2D eigenvalue weighted by molar-refractivity contribution is 5.03. The van der Waals surface area contributed by atoms with E-state index in [4.69, 9.17) is 4.74 Å². The lowest BCUT2D eigenvalue weighted by Crippen LogP contribution is -2.01. The molecule has 1 atom stereocenters. The maximum atomic E-state index is 5.49. The van der Waals surface area contributed by atoms with Crippen molar-refractivity contribution in [1.82, 2.24) is 0 Å². The van der Waals surface area contributed by atoms with Gasteiger partial charge < -0.3 is 4.74 Å². The summed E-state index contributed by atoms with van der Waals surface area (Å²) in [4.78, 5) is 0. The summed E-state index contributed by atoms with van der Waals surface area (Å²) in [6.45, 7) is 6.02. The quantitative estimate of drug-likeness (QED) is 0.488. The third-order valence-corrected chi connectivity index (χ3v) is 2.44. The molecule has 1 heteroatoms. The zero-order valence-electron chi connectivity index (χ0n) is 9.14. The Balaban J connectivity index is 2.04. The van der Waals surface area contributed by atoms with E-state index in [1.54, 1.807) is 0 Å². The molecule has 0 aromatic heterocycles. The van der Waals surface area contributed by atoms with Crippen LogP contribution < -0.4 is 0 Å². The Labute approximate surface area is 87.5 Å². The highest BCUT2D eigenvalue weighted by Crippen LogP contribution is 2.22. The van der Waals surface area contributed by atoms with Crippen LogP contribution in [0.3, 0.4) is 0 Å². The summed E-state index contributed by atoms with van der Waals surface area (Å²) < 4.78 is 5.49. The molecule has 1 rings (SSSR count). The van der Waals surface area contributed by atoms with Crippen molar-refractivity contribution in [2.75, 3.05) is 0 Å². The van der Waals surface area contributed by atoms with Crippen LogP contribution in [0, 0.1) is 11.8 Å². The molecular weight excluding hydrogens is 172 g/mol. The Hall–Kier alpha value is -0.900. The standard InChI is InChI=1S/C13H20O/c1-3-4-5-6-7-8-9-13-11-10-12(2)14-13/h13H,2-6,9-11H2,1H3. The van der Waals surface area contributed by atoms with Gasteiger partial charge in [-0.25, -0.2) is 0 Å². The van der Waals surface area contributed by atoms with E-state index in [0.29, 0.717) is 6.10 Å². The molecule has 1 nitrogen and oxygen atoms in total. The number of allylic oxidation sites excluding steroid dienone is 1. The number of unbranched alkanes of at least 4 members (excludes halogenated alkanes) is 3. The SMILES string of the molecule is C=C1CCC(CC#CCCCCC)O1. The van der Waals surface area contributed by atoms with Gasteiger partial charge in [0.2, 0.25) is 0 Å². The molecule has 0 aliphatic carbocycles. The summed E-state index contributed by atoms with van der Waals surface area (Å²) >= 11 is 0. The average Bonchev–Trinajstić information content (AvgIpc) is 2.58. The third-order valence-electron chi connectivity index (χ3n) is 2.44. The number of rotatable bonds is 4. The summed E-state index contributed by atoms with van der Waals surface area (Å²) in [5.41, 5.74) is 0. The minimum absolute atomic E-state index is 0.321. The van der Waals surface area contributed by atoms with E-state index in [-0.39, 0.29) is 0 Å². The van der Waals surface area contributed by atoms with E-state index in [9.17, 15) is 0 Å². The molecular formula is C13H20O. The topological polar surface area (TPSA) is 9.23 Å². The van der Waals surface area contributed by atoms with Gasteiger partial charge in [-0.1, -0.05) is 32.3 Å². The van der Waals surface area contributed by atoms with Crippen LogP contribution in [-0.2, 0) is 4.74 Å². The predicted octanol–water partition coefficient (Wildman–Crippen LogP) is 3.65. The van der Waals surface area contributed by atoms with Crippen LogP contribution in [0.15, 0.2) is 12.3 Å². The minimum atomic E-state index is 0.321. The van der Waals surface area contributed by atoms with Crippen LogP contribution in [0.4, 0.5) is 0 Å². The first-order valence-corrected chi connectivity index (χ1v) is 5.63. The molecule has 0 radical (unpaired) electrons. The molecule has 0 aromatic rings. The highest BCUT2D eigenvalue weighted by Gasteiger charge is 2.17. The second-order valence-corrected chi connectivity index (χ2v) is 3.83. The van der Waals surface area contributed by atoms with Gasteiger partial charge in [-0.05, 0) is 12.8 Å². The van der Waals surface area contributed by atoms with E-state index in [0.717, 1.165) is 31.4 Å². The van der Waals surface area contributed by atoms with Gasteiger partial charge in [0, 0.05) is 19.3 Å². The molecule has 0 saturated carbocycles. The molecule has 0 amide bonds. The van der Waals surface area contributed by atoms with Crippen molar-refractivity contribution >= 4 is 0 Å². The van der Waals surface area contributed by atoms with Crippen LogP contribution >= 0.6 is 0 Å². The fourth-order valence-electron chi connectivity index (χ4n) is 1.56. The van der Waals surface area contributed by atoms with Crippen molar-refractivity contribution in [1.29, 1.82) is 0 Å². The van der Waals surface area contributed by atoms with Gasteiger partial charge in [0.1, 0.15) is 6.10 Å². The van der Waals surface area contributed by atoms with Crippen LogP contribution in [-0.4, -0.2) is 6.10 Å². The molecule has 0 N–H and O–H groups in total. The largest absolute Gasteiger partial charge is 0.494 e. The molecule has 0 aromatic carbocycles. The van der Waals surface area contributed by atoms with Gasteiger partial charge in [-0.3, -0.25) is 0 Å². The van der Waals surface area contributed by atoms with E-state index >= 15 is 0 Å². The van der Waals surface area contributed by atoms with Crippen molar-refractivity contribution in [2.45, 2.75) is 58.0 Å². The first-order chi connectivity index (χ1) is 6.83. The van der Waals surface area contributed by atoms with Crippen molar-refractivity contribution in [3.8, 4) is 11.8 Å². The Morgan fingerprint density at radius 1 is 1.43 bits per heavy atom. The Morgan fingerprint density at radius 3 is 2.93 bits per heavy atom. The summed E-state index contributed by atoms with van der Waals surface area (Å²) in [5.74, 6) is 7.33. The molecule has 1 saturated heterocycles. The maximum Gasteiger partial charge on any atom is 0.109 e. The second-order valence-electron chi connectivity index (χ2n) is 3.83. The fourth-order valence-corrected chi connectivity index (χ4v) is 1.56. The van der Waals surface area contributed by atoms with Gasteiger partial charge in [-0.2, -0.15) is 0 Å². The van der Waals surface area contributed by atoms with Gasteiger partial charge in [-0.15, -0.1) is 5.92 Å². The first kappa shape index (κ1) is 11.2. The Bertz CT molecular complexity index is 231. The fraction of sp³-hybridized carbons (Fsp3) is 0.692. The molecule has 1 aliphatic heterocycles. The normalized spacial score (nSPS) is 20.1. The van der Waals surface area contributed by atoms with Crippen LogP contribution in [0.25, 0.3) is 0 Å². The summed E-state index contributed by atoms with van der Waals surface area (Å²) in [6, 6.07) is 0. The molecule has 0 bridgehead atoms. The second kappa shape index (κ2) is 6.54. The zero-order valence-corrected chi connectivity index (χ0v) is 9.14. The van der Waals surface area contributed by atoms with E-state index in [1.165, 1.54) is 19.3 Å². The zero-order chi connectivity index (χ0) is 10.2. The van der Waals surface area contributed by atoms with Gasteiger partial charge in [0.05, 0.1) is 5.76 Å². The highest BCUT2D eigenvalue weighted by atomic mass is 16.5. The Morgan fingerprint density at radius 2 is 2.29 bits per heavy atom. The molecule has 1 heterocycles. The molecule has 1 unspecified atom stereocenters. The summed E-state index contributed by atoms with van der Waals surface area (Å²) in [6.07, 6.45) is 8.17. The maximum absolute atomic E-state index is 5.49. The minimum Gasteiger partial charge on any atom is -0.494 e. The van der Waals surface area contributed by atoms with Crippen molar-refractivity contribution in [3.05, 3.63) is 12.3 Å². The van der Waals surface area contributed by atoms with Crippen molar-refractivity contribution < 1.29 is 4.74 Å². The molecule has 78 valence electrons. The molecule has 1 fully saturated rings. The number of hydrogen-bond acceptors (Lipinski definition) is 1.